The fourth-order valence-electron chi connectivity index (χ4n) is 5.12. The van der Waals surface area contributed by atoms with E-state index < -0.39 is 0 Å². The number of amides is 1. The van der Waals surface area contributed by atoms with Crippen LogP contribution < -0.4 is 10.6 Å². The Kier molecular flexibility index (Phi) is 13.7. The molecule has 35 heavy (non-hydrogen) atoms. The van der Waals surface area contributed by atoms with Gasteiger partial charge < -0.3 is 10.3 Å². The maximum atomic E-state index is 12.6. The Balaban J connectivity index is 1.12. The van der Waals surface area contributed by atoms with E-state index in [-0.39, 0.29) is 17.3 Å². The first-order chi connectivity index (χ1) is 17.3. The average Bonchev–Trinajstić information content (AvgIpc) is 3.53. The Morgan fingerprint density at radius 2 is 1.43 bits per heavy atom. The molecule has 1 fully saturated rings. The minimum Gasteiger partial charge on any atom is -0.361 e. The summed E-state index contributed by atoms with van der Waals surface area (Å²) in [6.45, 7) is 3.09. The molecule has 1 saturated heterocycles. The van der Waals surface area contributed by atoms with Gasteiger partial charge in [0.25, 0.3) is 0 Å². The smallest absolute Gasteiger partial charge is 0.238 e. The van der Waals surface area contributed by atoms with Crippen molar-refractivity contribution < 1.29 is 4.79 Å². The van der Waals surface area contributed by atoms with Gasteiger partial charge in [0.15, 0.2) is 0 Å². The van der Waals surface area contributed by atoms with Gasteiger partial charge in [-0.2, -0.15) is 0 Å². The zero-order valence-electron chi connectivity index (χ0n) is 22.1. The Morgan fingerprint density at radius 3 is 2.06 bits per heavy atom. The van der Waals surface area contributed by atoms with E-state index in [2.05, 4.69) is 46.9 Å². The molecule has 0 spiro atoms. The van der Waals surface area contributed by atoms with E-state index in [1.807, 2.05) is 17.8 Å². The van der Waals surface area contributed by atoms with E-state index in [1.54, 1.807) is 0 Å². The first kappa shape index (κ1) is 28.1. The molecule has 2 atom stereocenters. The van der Waals surface area contributed by atoms with E-state index in [0.29, 0.717) is 0 Å². The molecule has 3 rings (SSSR count). The number of carbonyl (C=O) groups excluding carboxylic acids is 1. The number of benzene rings is 1. The summed E-state index contributed by atoms with van der Waals surface area (Å²) in [7, 11) is 0. The van der Waals surface area contributed by atoms with Gasteiger partial charge in [0.2, 0.25) is 5.91 Å². The van der Waals surface area contributed by atoms with Crippen LogP contribution in [0.4, 0.5) is 0 Å². The summed E-state index contributed by atoms with van der Waals surface area (Å²) in [5.74, 6) is 0.982. The van der Waals surface area contributed by atoms with Crippen LogP contribution in [0.3, 0.4) is 0 Å². The molecule has 1 aromatic heterocycles. The minimum atomic E-state index is -0.0975. The topological polar surface area (TPSA) is 56.9 Å². The predicted octanol–water partition coefficient (Wildman–Crippen LogP) is 8.25. The molecule has 1 aliphatic heterocycles. The molecule has 1 aliphatic rings. The summed E-state index contributed by atoms with van der Waals surface area (Å²) in [4.78, 5) is 15.9. The number of unbranched alkanes of at least 4 members (excludes halogenated alkanes) is 15. The monoisotopic (exact) mass is 499 g/mol. The third-order valence-electron chi connectivity index (χ3n) is 7.33. The van der Waals surface area contributed by atoms with Crippen molar-refractivity contribution in [1.29, 1.82) is 0 Å². The Morgan fingerprint density at radius 1 is 0.857 bits per heavy atom. The molecule has 0 aliphatic carbocycles. The second-order valence-corrected chi connectivity index (χ2v) is 11.5. The molecule has 1 amide bonds. The van der Waals surface area contributed by atoms with E-state index in [4.69, 9.17) is 0 Å². The number of hydrogen-bond acceptors (Lipinski definition) is 3. The first-order valence-corrected chi connectivity index (χ1v) is 15.6. The average molecular weight is 500 g/mol. The van der Waals surface area contributed by atoms with Crippen LogP contribution in [-0.2, 0) is 4.79 Å². The molecular weight excluding hydrogens is 450 g/mol. The van der Waals surface area contributed by atoms with Gasteiger partial charge in [-0.3, -0.25) is 10.1 Å². The zero-order valence-corrected chi connectivity index (χ0v) is 22.9. The highest BCUT2D eigenvalue weighted by Gasteiger charge is 2.31. The molecule has 0 saturated carbocycles. The number of aromatic nitrogens is 1. The minimum absolute atomic E-state index is 0.0975. The van der Waals surface area contributed by atoms with Crippen molar-refractivity contribution in [1.82, 2.24) is 15.6 Å². The van der Waals surface area contributed by atoms with Gasteiger partial charge in [-0.25, -0.2) is 0 Å². The van der Waals surface area contributed by atoms with Crippen molar-refractivity contribution in [2.45, 2.75) is 121 Å². The van der Waals surface area contributed by atoms with E-state index in [9.17, 15) is 4.79 Å². The molecule has 5 heteroatoms. The summed E-state index contributed by atoms with van der Waals surface area (Å²) in [6.07, 6.45) is 24.1. The van der Waals surface area contributed by atoms with Crippen molar-refractivity contribution in [2.75, 3.05) is 12.3 Å². The summed E-state index contributed by atoms with van der Waals surface area (Å²) >= 11 is 1.82. The maximum Gasteiger partial charge on any atom is 0.238 e. The molecule has 4 nitrogen and oxygen atoms in total. The van der Waals surface area contributed by atoms with Crippen LogP contribution in [0.25, 0.3) is 10.9 Å². The van der Waals surface area contributed by atoms with Crippen LogP contribution in [0.2, 0.25) is 0 Å². The molecular formula is C30H49N3OS. The Bertz CT molecular complexity index is 836. The number of fused-ring (bicyclic) bond motifs is 1. The molecule has 2 aromatic rings. The van der Waals surface area contributed by atoms with Gasteiger partial charge in [0.05, 0.1) is 11.4 Å². The summed E-state index contributed by atoms with van der Waals surface area (Å²) in [5.41, 5.74) is 2.40. The van der Waals surface area contributed by atoms with E-state index in [1.165, 1.54) is 107 Å². The van der Waals surface area contributed by atoms with Gasteiger partial charge in [0, 0.05) is 35.0 Å². The van der Waals surface area contributed by atoms with Crippen molar-refractivity contribution in [3.8, 4) is 0 Å². The van der Waals surface area contributed by atoms with Gasteiger partial charge in [-0.1, -0.05) is 121 Å². The molecule has 0 radical (unpaired) electrons. The summed E-state index contributed by atoms with van der Waals surface area (Å²) in [6, 6.07) is 8.27. The molecule has 2 heterocycles. The number of nitrogens with one attached hydrogen (secondary N) is 3. The zero-order chi connectivity index (χ0) is 24.6. The lowest BCUT2D eigenvalue weighted by molar-refractivity contribution is -0.122. The number of hydrogen-bond donors (Lipinski definition) is 3. The second kappa shape index (κ2) is 17.1. The van der Waals surface area contributed by atoms with Gasteiger partial charge in [-0.15, -0.1) is 11.8 Å². The fraction of sp³-hybridized carbons (Fsp3) is 0.700. The van der Waals surface area contributed by atoms with Crippen LogP contribution in [-0.4, -0.2) is 29.2 Å². The van der Waals surface area contributed by atoms with Crippen molar-refractivity contribution in [2.24, 2.45) is 0 Å². The van der Waals surface area contributed by atoms with Gasteiger partial charge in [0.1, 0.15) is 0 Å². The molecule has 0 bridgehead atoms. The van der Waals surface area contributed by atoms with Gasteiger partial charge in [-0.05, 0) is 12.5 Å². The lowest BCUT2D eigenvalue weighted by atomic mass is 10.0. The highest BCUT2D eigenvalue weighted by atomic mass is 32.2. The van der Waals surface area contributed by atoms with Crippen LogP contribution in [0.5, 0.6) is 0 Å². The number of rotatable bonds is 19. The first-order valence-electron chi connectivity index (χ1n) is 14.5. The lowest BCUT2D eigenvalue weighted by Gasteiger charge is -2.13. The lowest BCUT2D eigenvalue weighted by Crippen LogP contribution is -2.42. The largest absolute Gasteiger partial charge is 0.361 e. The van der Waals surface area contributed by atoms with Crippen LogP contribution in [0.1, 0.15) is 121 Å². The highest BCUT2D eigenvalue weighted by molar-refractivity contribution is 7.99. The fourth-order valence-corrected chi connectivity index (χ4v) is 6.39. The molecule has 196 valence electrons. The molecule has 3 N–H and O–H groups in total. The normalized spacial score (nSPS) is 17.9. The van der Waals surface area contributed by atoms with Crippen molar-refractivity contribution in [3.05, 3.63) is 36.0 Å². The standard InChI is InChI=1S/C30H49N3OS/c1-2-3-4-5-6-7-8-9-10-11-12-13-14-15-16-19-22-31-29(34)28-24-35-30(33-28)26-23-32-27-21-18-17-20-25(26)27/h17-18,20-21,23,28,30,32-33H,2-16,19,22,24H2,1H3,(H,31,34)/t28-,30?/m0/s1. The Labute approximate surface area is 218 Å². The van der Waals surface area contributed by atoms with Gasteiger partial charge >= 0.3 is 0 Å². The third kappa shape index (κ3) is 10.2. The predicted molar refractivity (Wildman–Crippen MR) is 153 cm³/mol. The number of H-pyrrole nitrogens is 1. The van der Waals surface area contributed by atoms with Crippen molar-refractivity contribution in [3.63, 3.8) is 0 Å². The third-order valence-corrected chi connectivity index (χ3v) is 8.58. The SMILES string of the molecule is CCCCCCCCCCCCCCCCCCNC(=O)[C@@H]1CSC(c2c[nH]c3ccccc23)N1. The van der Waals surface area contributed by atoms with Crippen LogP contribution in [0.15, 0.2) is 30.5 Å². The maximum absolute atomic E-state index is 12.6. The van der Waals surface area contributed by atoms with Crippen LogP contribution >= 0.6 is 11.8 Å². The molecule has 1 aromatic carbocycles. The number of thioether (sulfide) groups is 1. The summed E-state index contributed by atoms with van der Waals surface area (Å²) < 4.78 is 0. The quantitative estimate of drug-likeness (QED) is 0.171. The molecule has 1 unspecified atom stereocenters. The number of aromatic amines is 1. The summed E-state index contributed by atoms with van der Waals surface area (Å²) in [5, 5.41) is 8.10. The second-order valence-electron chi connectivity index (χ2n) is 10.3. The Hall–Kier alpha value is -1.46. The highest BCUT2D eigenvalue weighted by Crippen LogP contribution is 2.36. The van der Waals surface area contributed by atoms with Crippen molar-refractivity contribution >= 4 is 28.6 Å². The van der Waals surface area contributed by atoms with E-state index >= 15 is 0 Å². The van der Waals surface area contributed by atoms with Crippen LogP contribution in [0, 0.1) is 0 Å². The number of para-hydroxylation sites is 1. The van der Waals surface area contributed by atoms with E-state index in [0.717, 1.165) is 24.2 Å². The number of carbonyl (C=O) groups is 1.